The van der Waals surface area contributed by atoms with Gasteiger partial charge >= 0.3 is 0 Å². The summed E-state index contributed by atoms with van der Waals surface area (Å²) >= 11 is 0. The van der Waals surface area contributed by atoms with Crippen molar-refractivity contribution in [1.82, 2.24) is 4.57 Å². The first-order valence-corrected chi connectivity index (χ1v) is 6.61. The van der Waals surface area contributed by atoms with Crippen LogP contribution in [0.15, 0.2) is 12.4 Å². The molecular formula is C13H25ClN2O3. The zero-order chi connectivity index (χ0) is 13.2. The monoisotopic (exact) mass is 292 g/mol. The van der Waals surface area contributed by atoms with Crippen molar-refractivity contribution in [2.24, 2.45) is 0 Å². The Balaban J connectivity index is 0.00000324. The van der Waals surface area contributed by atoms with Crippen molar-refractivity contribution in [1.29, 1.82) is 0 Å². The Morgan fingerprint density at radius 1 is 1.21 bits per heavy atom. The molecule has 6 heteroatoms. The van der Waals surface area contributed by atoms with E-state index in [0.717, 1.165) is 19.5 Å². The van der Waals surface area contributed by atoms with Gasteiger partial charge in [-0.2, -0.15) is 0 Å². The number of aromatic nitrogens is 2. The van der Waals surface area contributed by atoms with Crippen LogP contribution in [0.3, 0.4) is 0 Å². The number of aliphatic hydroxyl groups is 1. The maximum absolute atomic E-state index is 8.52. The van der Waals surface area contributed by atoms with Crippen LogP contribution in [0.25, 0.3) is 0 Å². The summed E-state index contributed by atoms with van der Waals surface area (Å²) in [5.41, 5.74) is 0. The molecule has 0 aliphatic heterocycles. The van der Waals surface area contributed by atoms with Gasteiger partial charge in [0.2, 0.25) is 0 Å². The molecule has 0 atom stereocenters. The lowest BCUT2D eigenvalue weighted by Gasteiger charge is -2.04. The highest BCUT2D eigenvalue weighted by atomic mass is 35.5. The van der Waals surface area contributed by atoms with Crippen LogP contribution in [-0.4, -0.2) is 42.7 Å². The molecule has 1 N–H and O–H groups in total. The third kappa shape index (κ3) is 6.92. The number of hydrogen-bond acceptors (Lipinski definition) is 3. The highest BCUT2D eigenvalue weighted by Gasteiger charge is 2.10. The lowest BCUT2D eigenvalue weighted by atomic mass is 10.4. The second-order valence-electron chi connectivity index (χ2n) is 4.18. The van der Waals surface area contributed by atoms with Gasteiger partial charge in [-0.25, -0.2) is 9.13 Å². The van der Waals surface area contributed by atoms with Gasteiger partial charge in [-0.3, -0.25) is 0 Å². The number of halogens is 1. The Bertz CT molecular complexity index is 332. The van der Waals surface area contributed by atoms with Crippen LogP contribution in [0.2, 0.25) is 0 Å². The molecule has 1 heterocycles. The van der Waals surface area contributed by atoms with Gasteiger partial charge in [0, 0.05) is 6.92 Å². The fraction of sp³-hybridized carbons (Fsp3) is 0.769. The largest absolute Gasteiger partial charge is 1.00 e. The number of aryl methyl sites for hydroxylation is 1. The van der Waals surface area contributed by atoms with Crippen molar-refractivity contribution < 1.29 is 31.6 Å². The van der Waals surface area contributed by atoms with Gasteiger partial charge in [0.05, 0.1) is 39.6 Å². The first-order chi connectivity index (χ1) is 8.79. The summed E-state index contributed by atoms with van der Waals surface area (Å²) in [4.78, 5) is 0. The average Bonchev–Trinajstić information content (AvgIpc) is 2.71. The highest BCUT2D eigenvalue weighted by molar-refractivity contribution is 4.79. The van der Waals surface area contributed by atoms with Crippen molar-refractivity contribution >= 4 is 0 Å². The molecule has 0 saturated heterocycles. The van der Waals surface area contributed by atoms with Gasteiger partial charge in [-0.15, -0.1) is 0 Å². The molecule has 1 aromatic rings. The third-order valence-electron chi connectivity index (χ3n) is 2.81. The fourth-order valence-electron chi connectivity index (χ4n) is 1.80. The van der Waals surface area contributed by atoms with Crippen LogP contribution in [0.1, 0.15) is 19.2 Å². The molecule has 0 radical (unpaired) electrons. The summed E-state index contributed by atoms with van der Waals surface area (Å²) in [5, 5.41) is 8.52. The summed E-state index contributed by atoms with van der Waals surface area (Å²) < 4.78 is 15.0. The van der Waals surface area contributed by atoms with Crippen molar-refractivity contribution in [3.8, 4) is 0 Å². The molecule has 5 nitrogen and oxygen atoms in total. The smallest absolute Gasteiger partial charge is 0.253 e. The Labute approximate surface area is 121 Å². The molecular weight excluding hydrogens is 268 g/mol. The Morgan fingerprint density at radius 3 is 2.53 bits per heavy atom. The van der Waals surface area contributed by atoms with E-state index in [1.807, 2.05) is 0 Å². The van der Waals surface area contributed by atoms with Crippen LogP contribution < -0.4 is 17.0 Å². The van der Waals surface area contributed by atoms with Gasteiger partial charge in [-0.1, -0.05) is 6.92 Å². The topological polar surface area (TPSA) is 47.5 Å². The van der Waals surface area contributed by atoms with E-state index in [1.54, 1.807) is 0 Å². The molecule has 112 valence electrons. The maximum atomic E-state index is 8.52. The highest BCUT2D eigenvalue weighted by Crippen LogP contribution is 1.95. The van der Waals surface area contributed by atoms with E-state index >= 15 is 0 Å². The predicted octanol–water partition coefficient (Wildman–Crippen LogP) is -2.48. The fourth-order valence-corrected chi connectivity index (χ4v) is 1.80. The molecule has 0 saturated carbocycles. The molecule has 1 aromatic heterocycles. The van der Waals surface area contributed by atoms with Gasteiger partial charge in [-0.05, 0) is 6.42 Å². The molecule has 0 aromatic carbocycles. The molecule has 0 aliphatic carbocycles. The molecule has 0 aliphatic rings. The minimum atomic E-state index is 0. The van der Waals surface area contributed by atoms with E-state index < -0.39 is 0 Å². The Kier molecular flexibility index (Phi) is 10.9. The number of rotatable bonds is 10. The minimum Gasteiger partial charge on any atom is -1.00 e. The van der Waals surface area contributed by atoms with E-state index in [0.29, 0.717) is 26.4 Å². The zero-order valence-electron chi connectivity index (χ0n) is 11.8. The van der Waals surface area contributed by atoms with E-state index in [2.05, 4.69) is 35.4 Å². The van der Waals surface area contributed by atoms with Crippen molar-refractivity contribution in [2.75, 3.05) is 33.0 Å². The van der Waals surface area contributed by atoms with Gasteiger partial charge in [0.25, 0.3) is 5.82 Å². The maximum Gasteiger partial charge on any atom is 0.253 e. The lowest BCUT2D eigenvalue weighted by Crippen LogP contribution is -3.00. The van der Waals surface area contributed by atoms with Crippen LogP contribution in [0.5, 0.6) is 0 Å². The average molecular weight is 293 g/mol. The summed E-state index contributed by atoms with van der Waals surface area (Å²) in [6.45, 7) is 8.49. The minimum absolute atomic E-state index is 0. The second kappa shape index (κ2) is 11.2. The number of ether oxygens (including phenoxy) is 2. The summed E-state index contributed by atoms with van der Waals surface area (Å²) in [6, 6.07) is 0. The summed E-state index contributed by atoms with van der Waals surface area (Å²) in [5.74, 6) is 1.26. The van der Waals surface area contributed by atoms with Crippen LogP contribution in [-0.2, 0) is 22.6 Å². The first kappa shape index (κ1) is 18.4. The first-order valence-electron chi connectivity index (χ1n) is 6.61. The van der Waals surface area contributed by atoms with Crippen LogP contribution in [0.4, 0.5) is 0 Å². The Hall–Kier alpha value is -0.620. The predicted molar refractivity (Wildman–Crippen MR) is 68.4 cm³/mol. The molecule has 0 amide bonds. The number of hydrogen-bond donors (Lipinski definition) is 1. The molecule has 1 rings (SSSR count). The van der Waals surface area contributed by atoms with E-state index in [4.69, 9.17) is 14.6 Å². The normalized spacial score (nSPS) is 10.5. The summed E-state index contributed by atoms with van der Waals surface area (Å²) in [6.07, 6.45) is 5.36. The van der Waals surface area contributed by atoms with Crippen molar-refractivity contribution in [3.05, 3.63) is 18.2 Å². The SMILES string of the molecule is CCC[n+]1ccn(CCOCCOCCO)c1C.[Cl-]. The van der Waals surface area contributed by atoms with Gasteiger partial charge < -0.3 is 27.0 Å². The van der Waals surface area contributed by atoms with Gasteiger partial charge in [0.1, 0.15) is 18.9 Å². The Morgan fingerprint density at radius 2 is 1.89 bits per heavy atom. The molecule has 0 spiro atoms. The molecule has 0 unspecified atom stereocenters. The molecule has 19 heavy (non-hydrogen) atoms. The van der Waals surface area contributed by atoms with E-state index in [9.17, 15) is 0 Å². The second-order valence-corrected chi connectivity index (χ2v) is 4.18. The van der Waals surface area contributed by atoms with Crippen LogP contribution in [0, 0.1) is 6.92 Å². The lowest BCUT2D eigenvalue weighted by molar-refractivity contribution is -0.702. The number of imidazole rings is 1. The van der Waals surface area contributed by atoms with E-state index in [-0.39, 0.29) is 19.0 Å². The number of nitrogens with zero attached hydrogens (tertiary/aromatic N) is 2. The van der Waals surface area contributed by atoms with Crippen molar-refractivity contribution in [2.45, 2.75) is 33.4 Å². The third-order valence-corrected chi connectivity index (χ3v) is 2.81. The summed E-state index contributed by atoms with van der Waals surface area (Å²) in [7, 11) is 0. The quantitative estimate of drug-likeness (QED) is 0.384. The van der Waals surface area contributed by atoms with Crippen molar-refractivity contribution in [3.63, 3.8) is 0 Å². The molecule has 0 bridgehead atoms. The standard InChI is InChI=1S/C13H25N2O3.ClH/c1-3-4-14-5-6-15(13(14)2)7-9-17-11-12-18-10-8-16;/h5-6,16H,3-4,7-12H2,1-2H3;1H/q+1;/p-1. The number of aliphatic hydroxyl groups excluding tert-OH is 1. The molecule has 0 fully saturated rings. The van der Waals surface area contributed by atoms with E-state index in [1.165, 1.54) is 5.82 Å². The zero-order valence-corrected chi connectivity index (χ0v) is 12.6. The van der Waals surface area contributed by atoms with Gasteiger partial charge in [0.15, 0.2) is 0 Å². The van der Waals surface area contributed by atoms with Crippen LogP contribution >= 0.6 is 0 Å².